The van der Waals surface area contributed by atoms with Gasteiger partial charge in [-0.25, -0.2) is 8.42 Å². The number of nitrogens with zero attached hydrogens (tertiary/aromatic N) is 1. The van der Waals surface area contributed by atoms with Crippen LogP contribution in [-0.4, -0.2) is 45.4 Å². The van der Waals surface area contributed by atoms with Crippen molar-refractivity contribution in [3.8, 4) is 5.75 Å². The van der Waals surface area contributed by atoms with Crippen LogP contribution in [0.5, 0.6) is 5.75 Å². The van der Waals surface area contributed by atoms with Gasteiger partial charge in [-0.2, -0.15) is 4.31 Å². The molecule has 6 nitrogen and oxygen atoms in total. The van der Waals surface area contributed by atoms with Crippen molar-refractivity contribution in [3.63, 3.8) is 0 Å². The van der Waals surface area contributed by atoms with Gasteiger partial charge in [-0.1, -0.05) is 24.6 Å². The zero-order valence-electron chi connectivity index (χ0n) is 17.7. The molecule has 0 unspecified atom stereocenters. The first-order valence-electron chi connectivity index (χ1n) is 10.4. The Kier molecular flexibility index (Phi) is 7.50. The number of piperidine rings is 1. The van der Waals surface area contributed by atoms with E-state index in [1.165, 1.54) is 15.9 Å². The molecule has 30 heavy (non-hydrogen) atoms. The maximum atomic E-state index is 13.0. The van der Waals surface area contributed by atoms with Crippen LogP contribution in [0.25, 0.3) is 0 Å². The number of methoxy groups -OCH3 is 1. The molecule has 0 aromatic heterocycles. The van der Waals surface area contributed by atoms with Crippen molar-refractivity contribution in [2.45, 2.75) is 43.9 Å². The number of hydrogen-bond donors (Lipinski definition) is 1. The molecule has 7 heteroatoms. The second kappa shape index (κ2) is 10.1. The zero-order valence-corrected chi connectivity index (χ0v) is 18.5. The molecular weight excluding hydrogens is 400 g/mol. The number of amides is 1. The topological polar surface area (TPSA) is 75.7 Å². The number of ether oxygens (including phenoxy) is 1. The first-order chi connectivity index (χ1) is 14.4. The van der Waals surface area contributed by atoms with Gasteiger partial charge >= 0.3 is 0 Å². The average molecular weight is 431 g/mol. The normalized spacial score (nSPS) is 15.0. The molecule has 162 valence electrons. The summed E-state index contributed by atoms with van der Waals surface area (Å²) in [5.74, 6) is 0.571. The summed E-state index contributed by atoms with van der Waals surface area (Å²) in [4.78, 5) is 12.8. The molecule has 1 N–H and O–H groups in total. The lowest BCUT2D eigenvalue weighted by atomic mass is 10.1. The van der Waals surface area contributed by atoms with E-state index in [9.17, 15) is 13.2 Å². The van der Waals surface area contributed by atoms with Crippen molar-refractivity contribution in [1.29, 1.82) is 0 Å². The second-order valence-electron chi connectivity index (χ2n) is 7.65. The number of nitrogens with one attached hydrogen (secondary N) is 1. The number of carbonyl (C=O) groups excluding carboxylic acids is 1. The van der Waals surface area contributed by atoms with Crippen LogP contribution in [0.2, 0.25) is 0 Å². The van der Waals surface area contributed by atoms with E-state index < -0.39 is 10.0 Å². The van der Waals surface area contributed by atoms with Crippen LogP contribution in [0.3, 0.4) is 0 Å². The van der Waals surface area contributed by atoms with Crippen LogP contribution in [0, 0.1) is 6.92 Å². The monoisotopic (exact) mass is 430 g/mol. The molecule has 1 aliphatic heterocycles. The number of sulfonamides is 1. The Bertz CT molecular complexity index is 965. The minimum atomic E-state index is -3.57. The molecule has 0 bridgehead atoms. The third-order valence-corrected chi connectivity index (χ3v) is 7.51. The van der Waals surface area contributed by atoms with Crippen molar-refractivity contribution in [2.75, 3.05) is 26.7 Å². The van der Waals surface area contributed by atoms with E-state index in [0.717, 1.165) is 37.9 Å². The summed E-state index contributed by atoms with van der Waals surface area (Å²) in [6.45, 7) is 3.38. The Morgan fingerprint density at radius 1 is 1.07 bits per heavy atom. The third-order valence-electron chi connectivity index (χ3n) is 5.47. The summed E-state index contributed by atoms with van der Waals surface area (Å²) in [6.07, 6.45) is 4.46. The SMILES string of the molecule is COc1ccc(CCCNC(=O)c2ccc(C)c(S(=O)(=O)N3CCCCC3)c2)cc1. The fourth-order valence-corrected chi connectivity index (χ4v) is 5.42. The van der Waals surface area contributed by atoms with E-state index in [-0.39, 0.29) is 10.8 Å². The molecule has 1 fully saturated rings. The standard InChI is InChI=1S/C23H30N2O4S/c1-18-8-11-20(17-22(18)30(27,28)25-15-4-3-5-16-25)23(26)24-14-6-7-19-9-12-21(29-2)13-10-19/h8-13,17H,3-7,14-16H2,1-2H3,(H,24,26). The largest absolute Gasteiger partial charge is 0.497 e. The quantitative estimate of drug-likeness (QED) is 0.650. The molecule has 0 radical (unpaired) electrons. The predicted octanol–water partition coefficient (Wildman–Crippen LogP) is 3.54. The van der Waals surface area contributed by atoms with Crippen molar-refractivity contribution in [2.24, 2.45) is 0 Å². The summed E-state index contributed by atoms with van der Waals surface area (Å²) in [5, 5.41) is 2.90. The van der Waals surface area contributed by atoms with Gasteiger partial charge in [-0.05, 0) is 68.0 Å². The first kappa shape index (κ1) is 22.3. The molecular formula is C23H30N2O4S. The summed E-state index contributed by atoms with van der Waals surface area (Å²) in [6, 6.07) is 12.8. The van der Waals surface area contributed by atoms with Crippen LogP contribution >= 0.6 is 0 Å². The lowest BCUT2D eigenvalue weighted by Gasteiger charge is -2.26. The van der Waals surface area contributed by atoms with Crippen LogP contribution in [-0.2, 0) is 16.4 Å². The van der Waals surface area contributed by atoms with Gasteiger partial charge in [-0.15, -0.1) is 0 Å². The highest BCUT2D eigenvalue weighted by Gasteiger charge is 2.28. The van der Waals surface area contributed by atoms with Gasteiger partial charge in [0.2, 0.25) is 10.0 Å². The van der Waals surface area contributed by atoms with Crippen molar-refractivity contribution in [1.82, 2.24) is 9.62 Å². The lowest BCUT2D eigenvalue weighted by molar-refractivity contribution is 0.0953. The molecule has 0 saturated carbocycles. The number of carbonyl (C=O) groups is 1. The number of rotatable bonds is 8. The van der Waals surface area contributed by atoms with E-state index in [1.54, 1.807) is 26.2 Å². The van der Waals surface area contributed by atoms with Gasteiger partial charge in [0.1, 0.15) is 5.75 Å². The molecule has 0 aliphatic carbocycles. The van der Waals surface area contributed by atoms with Crippen molar-refractivity contribution in [3.05, 3.63) is 59.2 Å². The molecule has 0 spiro atoms. The lowest BCUT2D eigenvalue weighted by Crippen LogP contribution is -2.36. The third kappa shape index (κ3) is 5.40. The fourth-order valence-electron chi connectivity index (χ4n) is 3.65. The fraction of sp³-hybridized carbons (Fsp3) is 0.435. The highest BCUT2D eigenvalue weighted by molar-refractivity contribution is 7.89. The maximum Gasteiger partial charge on any atom is 0.251 e. The van der Waals surface area contributed by atoms with E-state index in [4.69, 9.17) is 4.74 Å². The van der Waals surface area contributed by atoms with Crippen LogP contribution in [0.4, 0.5) is 0 Å². The predicted molar refractivity (Wildman–Crippen MR) is 117 cm³/mol. The van der Waals surface area contributed by atoms with Gasteiger partial charge in [0.05, 0.1) is 12.0 Å². The van der Waals surface area contributed by atoms with E-state index >= 15 is 0 Å². The van der Waals surface area contributed by atoms with Gasteiger partial charge in [0.25, 0.3) is 5.91 Å². The summed E-state index contributed by atoms with van der Waals surface area (Å²) >= 11 is 0. The van der Waals surface area contributed by atoms with Crippen molar-refractivity contribution < 1.29 is 17.9 Å². The summed E-state index contributed by atoms with van der Waals surface area (Å²) in [7, 11) is -1.93. The molecule has 0 atom stereocenters. The van der Waals surface area contributed by atoms with E-state index in [2.05, 4.69) is 5.32 Å². The average Bonchev–Trinajstić information content (AvgIpc) is 2.77. The Balaban J connectivity index is 1.60. The van der Waals surface area contributed by atoms with Gasteiger partial charge in [0, 0.05) is 25.2 Å². The molecule has 1 amide bonds. The number of aryl methyl sites for hydroxylation is 2. The molecule has 3 rings (SSSR count). The first-order valence-corrected chi connectivity index (χ1v) is 11.9. The van der Waals surface area contributed by atoms with Crippen LogP contribution < -0.4 is 10.1 Å². The molecule has 2 aromatic rings. The van der Waals surface area contributed by atoms with E-state index in [1.807, 2.05) is 24.3 Å². The maximum absolute atomic E-state index is 13.0. The van der Waals surface area contributed by atoms with Crippen LogP contribution in [0.1, 0.15) is 47.2 Å². The molecule has 1 heterocycles. The Labute approximate surface area is 179 Å². The Hall–Kier alpha value is -2.38. The smallest absolute Gasteiger partial charge is 0.251 e. The zero-order chi connectivity index (χ0) is 21.6. The minimum Gasteiger partial charge on any atom is -0.497 e. The highest BCUT2D eigenvalue weighted by atomic mass is 32.2. The van der Waals surface area contributed by atoms with Crippen LogP contribution in [0.15, 0.2) is 47.4 Å². The number of hydrogen-bond acceptors (Lipinski definition) is 4. The minimum absolute atomic E-state index is 0.232. The van der Waals surface area contributed by atoms with Gasteiger partial charge in [-0.3, -0.25) is 4.79 Å². The molecule has 2 aromatic carbocycles. The summed E-state index contributed by atoms with van der Waals surface area (Å²) in [5.41, 5.74) is 2.22. The Morgan fingerprint density at radius 2 is 1.77 bits per heavy atom. The number of benzene rings is 2. The van der Waals surface area contributed by atoms with Crippen molar-refractivity contribution >= 4 is 15.9 Å². The molecule has 1 saturated heterocycles. The second-order valence-corrected chi connectivity index (χ2v) is 9.56. The van der Waals surface area contributed by atoms with Gasteiger partial charge in [0.15, 0.2) is 0 Å². The highest BCUT2D eigenvalue weighted by Crippen LogP contribution is 2.24. The summed E-state index contributed by atoms with van der Waals surface area (Å²) < 4.78 is 32.8. The van der Waals surface area contributed by atoms with E-state index in [0.29, 0.717) is 30.8 Å². The molecule has 1 aliphatic rings. The Morgan fingerprint density at radius 3 is 2.43 bits per heavy atom. The van der Waals surface area contributed by atoms with Gasteiger partial charge < -0.3 is 10.1 Å².